The van der Waals surface area contributed by atoms with Crippen molar-refractivity contribution in [3.8, 4) is 11.8 Å². The third-order valence-corrected chi connectivity index (χ3v) is 4.87. The van der Waals surface area contributed by atoms with Crippen molar-refractivity contribution in [2.24, 2.45) is 0 Å². The molecule has 0 atom stereocenters. The van der Waals surface area contributed by atoms with Crippen LogP contribution in [0, 0.1) is 48.0 Å². The van der Waals surface area contributed by atoms with Gasteiger partial charge in [-0.05, 0) is 74.4 Å². The van der Waals surface area contributed by atoms with Crippen LogP contribution in [0.4, 0.5) is 15.8 Å². The summed E-state index contributed by atoms with van der Waals surface area (Å²) in [6, 6.07) is 13.6. The third-order valence-electron chi connectivity index (χ3n) is 4.87. The molecule has 0 aliphatic heterocycles. The van der Waals surface area contributed by atoms with Crippen LogP contribution in [0.3, 0.4) is 0 Å². The lowest BCUT2D eigenvalue weighted by molar-refractivity contribution is -0.384. The number of aromatic nitrogens is 1. The average Bonchev–Trinajstić information content (AvgIpc) is 3.00. The number of anilines is 1. The molecule has 8 heteroatoms. The van der Waals surface area contributed by atoms with Crippen LogP contribution >= 0.6 is 0 Å². The van der Waals surface area contributed by atoms with Gasteiger partial charge in [0.1, 0.15) is 17.5 Å². The first-order chi connectivity index (χ1) is 14.7. The van der Waals surface area contributed by atoms with E-state index in [1.807, 2.05) is 30.6 Å². The molecule has 1 amide bonds. The number of carbonyl (C=O) groups excluding carboxylic acids is 1. The van der Waals surface area contributed by atoms with E-state index in [1.165, 1.54) is 42.5 Å². The monoisotopic (exact) mass is 418 g/mol. The molecule has 0 radical (unpaired) electrons. The summed E-state index contributed by atoms with van der Waals surface area (Å²) in [5, 5.41) is 23.1. The zero-order chi connectivity index (χ0) is 22.7. The Labute approximate surface area is 178 Å². The maximum atomic E-state index is 13.0. The van der Waals surface area contributed by atoms with E-state index in [2.05, 4.69) is 5.32 Å². The molecule has 31 heavy (non-hydrogen) atoms. The fourth-order valence-electron chi connectivity index (χ4n) is 3.34. The van der Waals surface area contributed by atoms with Crippen LogP contribution in [0.2, 0.25) is 0 Å². The van der Waals surface area contributed by atoms with E-state index >= 15 is 0 Å². The quantitative estimate of drug-likeness (QED) is 0.273. The second kappa shape index (κ2) is 8.63. The molecule has 0 aliphatic rings. The molecule has 1 N–H and O–H groups in total. The van der Waals surface area contributed by atoms with Crippen molar-refractivity contribution < 1.29 is 14.1 Å². The maximum absolute atomic E-state index is 13.0. The normalized spacial score (nSPS) is 11.1. The van der Waals surface area contributed by atoms with Gasteiger partial charge >= 0.3 is 0 Å². The maximum Gasteiger partial charge on any atom is 0.269 e. The number of nitrogens with one attached hydrogen (secondary N) is 1. The summed E-state index contributed by atoms with van der Waals surface area (Å²) >= 11 is 0. The number of nitro benzene ring substituents is 1. The molecule has 3 rings (SSSR count). The van der Waals surface area contributed by atoms with Gasteiger partial charge in [-0.25, -0.2) is 4.39 Å². The lowest BCUT2D eigenvalue weighted by atomic mass is 10.1. The predicted octanol–water partition coefficient (Wildman–Crippen LogP) is 5.00. The predicted molar refractivity (Wildman–Crippen MR) is 115 cm³/mol. The number of nitrogens with zero attached hydrogens (tertiary/aromatic N) is 3. The van der Waals surface area contributed by atoms with Gasteiger partial charge in [0.2, 0.25) is 0 Å². The lowest BCUT2D eigenvalue weighted by Gasteiger charge is -2.12. The van der Waals surface area contributed by atoms with E-state index in [1.54, 1.807) is 13.0 Å². The molecule has 0 saturated carbocycles. The number of nitriles is 1. The molecule has 0 unspecified atom stereocenters. The van der Waals surface area contributed by atoms with Crippen LogP contribution in [0.1, 0.15) is 22.5 Å². The van der Waals surface area contributed by atoms with Gasteiger partial charge in [0.15, 0.2) is 0 Å². The fourth-order valence-corrected chi connectivity index (χ4v) is 3.34. The summed E-state index contributed by atoms with van der Waals surface area (Å²) in [6.45, 7) is 5.50. The van der Waals surface area contributed by atoms with Gasteiger partial charge in [0, 0.05) is 34.9 Å². The number of nitro groups is 1. The summed E-state index contributed by atoms with van der Waals surface area (Å²) in [5.74, 6) is -1.03. The number of carbonyl (C=O) groups is 1. The Bertz CT molecular complexity index is 1250. The standard InChI is InChI=1S/C23H19FN4O3/c1-14-10-21(28(30)31)8-9-22(14)27-15(2)11-17(16(27)3)12-18(13-25)23(29)26-20-6-4-19(24)5-7-20/h4-12H,1-3H3,(H,26,29)/b18-12+. The summed E-state index contributed by atoms with van der Waals surface area (Å²) in [5.41, 5.74) is 4.06. The van der Waals surface area contributed by atoms with Gasteiger partial charge < -0.3 is 9.88 Å². The molecule has 0 bridgehead atoms. The highest BCUT2D eigenvalue weighted by Crippen LogP contribution is 2.27. The van der Waals surface area contributed by atoms with Crippen LogP contribution < -0.4 is 5.32 Å². The van der Waals surface area contributed by atoms with Crippen LogP contribution in [-0.2, 0) is 4.79 Å². The van der Waals surface area contributed by atoms with Gasteiger partial charge in [0.05, 0.1) is 4.92 Å². The van der Waals surface area contributed by atoms with E-state index in [0.717, 1.165) is 22.6 Å². The largest absolute Gasteiger partial charge is 0.321 e. The molecule has 7 nitrogen and oxygen atoms in total. The van der Waals surface area contributed by atoms with Crippen molar-refractivity contribution in [3.63, 3.8) is 0 Å². The minimum atomic E-state index is -0.606. The first-order valence-corrected chi connectivity index (χ1v) is 9.34. The third kappa shape index (κ3) is 4.51. The van der Waals surface area contributed by atoms with E-state index in [9.17, 15) is 24.6 Å². The van der Waals surface area contributed by atoms with Crippen LogP contribution in [-0.4, -0.2) is 15.4 Å². The summed E-state index contributed by atoms with van der Waals surface area (Å²) < 4.78 is 15.0. The second-order valence-electron chi connectivity index (χ2n) is 7.02. The zero-order valence-electron chi connectivity index (χ0n) is 17.1. The van der Waals surface area contributed by atoms with Crippen molar-refractivity contribution in [3.05, 3.63) is 92.6 Å². The van der Waals surface area contributed by atoms with Gasteiger partial charge in [-0.2, -0.15) is 5.26 Å². The first-order valence-electron chi connectivity index (χ1n) is 9.34. The Balaban J connectivity index is 1.95. The summed E-state index contributed by atoms with van der Waals surface area (Å²) in [4.78, 5) is 23.1. The SMILES string of the molecule is Cc1cc([N+](=O)[O-])ccc1-n1c(C)cc(/C=C(\C#N)C(=O)Nc2ccc(F)cc2)c1C. The lowest BCUT2D eigenvalue weighted by Crippen LogP contribution is -2.13. The van der Waals surface area contributed by atoms with E-state index < -0.39 is 16.6 Å². The number of aryl methyl sites for hydroxylation is 2. The van der Waals surface area contributed by atoms with Crippen molar-refractivity contribution >= 4 is 23.4 Å². The van der Waals surface area contributed by atoms with Gasteiger partial charge in [-0.15, -0.1) is 0 Å². The molecule has 156 valence electrons. The van der Waals surface area contributed by atoms with Crippen LogP contribution in [0.5, 0.6) is 0 Å². The molecular formula is C23H19FN4O3. The van der Waals surface area contributed by atoms with E-state index in [-0.39, 0.29) is 11.3 Å². The Morgan fingerprint density at radius 1 is 1.16 bits per heavy atom. The second-order valence-corrected chi connectivity index (χ2v) is 7.02. The van der Waals surface area contributed by atoms with Gasteiger partial charge in [0.25, 0.3) is 11.6 Å². The van der Waals surface area contributed by atoms with Crippen molar-refractivity contribution in [2.75, 3.05) is 5.32 Å². The number of halogens is 1. The van der Waals surface area contributed by atoms with E-state index in [0.29, 0.717) is 11.3 Å². The van der Waals surface area contributed by atoms with Gasteiger partial charge in [-0.1, -0.05) is 0 Å². The van der Waals surface area contributed by atoms with Crippen LogP contribution in [0.25, 0.3) is 11.8 Å². The highest BCUT2D eigenvalue weighted by molar-refractivity contribution is 6.09. The Morgan fingerprint density at radius 2 is 1.84 bits per heavy atom. The number of hydrogen-bond acceptors (Lipinski definition) is 4. The number of benzene rings is 2. The van der Waals surface area contributed by atoms with Crippen molar-refractivity contribution in [1.29, 1.82) is 5.26 Å². The topological polar surface area (TPSA) is 101 Å². The Morgan fingerprint density at radius 3 is 2.42 bits per heavy atom. The number of non-ortho nitro benzene ring substituents is 1. The highest BCUT2D eigenvalue weighted by Gasteiger charge is 2.16. The van der Waals surface area contributed by atoms with Crippen LogP contribution in [0.15, 0.2) is 54.1 Å². The van der Waals surface area contributed by atoms with Crippen molar-refractivity contribution in [1.82, 2.24) is 4.57 Å². The molecule has 1 heterocycles. The van der Waals surface area contributed by atoms with Gasteiger partial charge in [-0.3, -0.25) is 14.9 Å². The summed E-state index contributed by atoms with van der Waals surface area (Å²) in [7, 11) is 0. The number of amides is 1. The smallest absolute Gasteiger partial charge is 0.269 e. The molecule has 0 spiro atoms. The minimum Gasteiger partial charge on any atom is -0.321 e. The molecule has 0 fully saturated rings. The van der Waals surface area contributed by atoms with Crippen molar-refractivity contribution in [2.45, 2.75) is 20.8 Å². The number of rotatable bonds is 5. The summed E-state index contributed by atoms with van der Waals surface area (Å²) in [6.07, 6.45) is 1.48. The molecule has 2 aromatic carbocycles. The zero-order valence-corrected chi connectivity index (χ0v) is 17.1. The molecular weight excluding hydrogens is 399 g/mol. The van der Waals surface area contributed by atoms with E-state index in [4.69, 9.17) is 0 Å². The Kier molecular flexibility index (Phi) is 5.97. The average molecular weight is 418 g/mol. The molecule has 0 aliphatic carbocycles. The minimum absolute atomic E-state index is 0.00747. The first kappa shape index (κ1) is 21.5. The fraction of sp³-hybridized carbons (Fsp3) is 0.130. The molecule has 0 saturated heterocycles. The highest BCUT2D eigenvalue weighted by atomic mass is 19.1. The molecule has 3 aromatic rings. The number of hydrogen-bond donors (Lipinski definition) is 1. The molecule has 1 aromatic heterocycles. The Hall–Kier alpha value is -4.25.